The Labute approximate surface area is 155 Å². The molecule has 0 aliphatic heterocycles. The summed E-state index contributed by atoms with van der Waals surface area (Å²) in [6.07, 6.45) is 0.811. The van der Waals surface area contributed by atoms with Gasteiger partial charge in [0.1, 0.15) is 5.82 Å². The largest absolute Gasteiger partial charge is 0.377 e. The van der Waals surface area contributed by atoms with Gasteiger partial charge in [0, 0.05) is 19.7 Å². The number of ether oxygens (including phenoxy) is 1. The van der Waals surface area contributed by atoms with Crippen LogP contribution in [0.5, 0.6) is 0 Å². The predicted molar refractivity (Wildman–Crippen MR) is 105 cm³/mol. The fraction of sp³-hybridized carbons (Fsp3) is 0.381. The summed E-state index contributed by atoms with van der Waals surface area (Å²) in [7, 11) is 0. The van der Waals surface area contributed by atoms with Gasteiger partial charge in [-0.1, -0.05) is 36.4 Å². The van der Waals surface area contributed by atoms with Gasteiger partial charge in [-0.05, 0) is 49.1 Å². The lowest BCUT2D eigenvalue weighted by Gasteiger charge is -2.12. The molecule has 0 saturated carbocycles. The molecule has 0 amide bonds. The first-order chi connectivity index (χ1) is 12.7. The van der Waals surface area contributed by atoms with Crippen LogP contribution in [0.1, 0.15) is 30.5 Å². The number of guanidine groups is 1. The van der Waals surface area contributed by atoms with Crippen molar-refractivity contribution in [2.45, 2.75) is 33.4 Å². The van der Waals surface area contributed by atoms with Crippen molar-refractivity contribution in [3.05, 3.63) is 71.0 Å². The Bertz CT molecular complexity index is 686. The monoisotopic (exact) mass is 357 g/mol. The van der Waals surface area contributed by atoms with Crippen LogP contribution >= 0.6 is 0 Å². The van der Waals surface area contributed by atoms with E-state index in [-0.39, 0.29) is 5.82 Å². The van der Waals surface area contributed by atoms with E-state index in [0.29, 0.717) is 19.8 Å². The smallest absolute Gasteiger partial charge is 0.191 e. The minimum atomic E-state index is -0.206. The minimum absolute atomic E-state index is 0.206. The fourth-order valence-corrected chi connectivity index (χ4v) is 2.55. The van der Waals surface area contributed by atoms with Crippen molar-refractivity contribution in [1.29, 1.82) is 0 Å². The van der Waals surface area contributed by atoms with E-state index in [1.165, 1.54) is 17.7 Å². The molecule has 4 nitrogen and oxygen atoms in total. The van der Waals surface area contributed by atoms with Gasteiger partial charge in [0.2, 0.25) is 0 Å². The van der Waals surface area contributed by atoms with Crippen molar-refractivity contribution >= 4 is 5.96 Å². The summed E-state index contributed by atoms with van der Waals surface area (Å²) in [5, 5.41) is 6.59. The molecular formula is C21H28FN3O. The van der Waals surface area contributed by atoms with Crippen molar-refractivity contribution < 1.29 is 9.13 Å². The number of rotatable bonds is 9. The maximum Gasteiger partial charge on any atom is 0.191 e. The fourth-order valence-electron chi connectivity index (χ4n) is 2.55. The number of benzene rings is 2. The second-order valence-electron chi connectivity index (χ2n) is 5.90. The number of halogens is 1. The first-order valence-corrected chi connectivity index (χ1v) is 9.14. The van der Waals surface area contributed by atoms with E-state index in [9.17, 15) is 4.39 Å². The van der Waals surface area contributed by atoms with E-state index in [4.69, 9.17) is 4.74 Å². The third-order valence-corrected chi connectivity index (χ3v) is 3.95. The molecular weight excluding hydrogens is 329 g/mol. The lowest BCUT2D eigenvalue weighted by Crippen LogP contribution is -2.38. The summed E-state index contributed by atoms with van der Waals surface area (Å²) in [6.45, 7) is 7.47. The number of hydrogen-bond acceptors (Lipinski definition) is 2. The quantitative estimate of drug-likeness (QED) is 0.532. The van der Waals surface area contributed by atoms with E-state index in [1.54, 1.807) is 0 Å². The molecule has 2 rings (SSSR count). The van der Waals surface area contributed by atoms with E-state index in [2.05, 4.69) is 27.8 Å². The Balaban J connectivity index is 1.92. The highest BCUT2D eigenvalue weighted by molar-refractivity contribution is 5.79. The van der Waals surface area contributed by atoms with Crippen molar-refractivity contribution in [3.63, 3.8) is 0 Å². The highest BCUT2D eigenvalue weighted by atomic mass is 19.1. The summed E-state index contributed by atoms with van der Waals surface area (Å²) >= 11 is 0. The normalized spacial score (nSPS) is 11.4. The van der Waals surface area contributed by atoms with Crippen molar-refractivity contribution in [1.82, 2.24) is 10.6 Å². The van der Waals surface area contributed by atoms with Gasteiger partial charge in [0.05, 0.1) is 13.2 Å². The molecule has 2 aromatic rings. The molecule has 0 heterocycles. The second kappa shape index (κ2) is 11.3. The third-order valence-electron chi connectivity index (χ3n) is 3.95. The summed E-state index contributed by atoms with van der Waals surface area (Å²) in [5.74, 6) is 0.572. The van der Waals surface area contributed by atoms with Crippen LogP contribution in [0.2, 0.25) is 0 Å². The molecule has 0 saturated heterocycles. The van der Waals surface area contributed by atoms with E-state index >= 15 is 0 Å². The molecule has 0 fully saturated rings. The van der Waals surface area contributed by atoms with Crippen LogP contribution in [0.15, 0.2) is 53.5 Å². The van der Waals surface area contributed by atoms with E-state index < -0.39 is 0 Å². The summed E-state index contributed by atoms with van der Waals surface area (Å²) < 4.78 is 18.5. The van der Waals surface area contributed by atoms with Gasteiger partial charge in [0.25, 0.3) is 0 Å². The second-order valence-corrected chi connectivity index (χ2v) is 5.90. The zero-order chi connectivity index (χ0) is 18.6. The molecule has 2 aromatic carbocycles. The summed E-state index contributed by atoms with van der Waals surface area (Å²) in [4.78, 5) is 4.68. The average molecular weight is 357 g/mol. The first-order valence-electron chi connectivity index (χ1n) is 9.14. The van der Waals surface area contributed by atoms with Crippen LogP contribution in [0, 0.1) is 5.82 Å². The van der Waals surface area contributed by atoms with Gasteiger partial charge in [-0.3, -0.25) is 0 Å². The molecule has 0 spiro atoms. The SMILES string of the molecule is CCNC(=NCc1ccccc1COCC)NCCc1ccc(F)cc1. The highest BCUT2D eigenvalue weighted by Crippen LogP contribution is 2.11. The van der Waals surface area contributed by atoms with Crippen LogP contribution in [0.4, 0.5) is 4.39 Å². The number of aliphatic imine (C=N–C) groups is 1. The van der Waals surface area contributed by atoms with Crippen molar-refractivity contribution in [3.8, 4) is 0 Å². The molecule has 0 atom stereocenters. The molecule has 0 bridgehead atoms. The summed E-state index contributed by atoms with van der Waals surface area (Å²) in [6, 6.07) is 14.8. The van der Waals surface area contributed by atoms with Crippen LogP contribution in [0.3, 0.4) is 0 Å². The van der Waals surface area contributed by atoms with Crippen molar-refractivity contribution in [2.75, 3.05) is 19.7 Å². The van der Waals surface area contributed by atoms with Gasteiger partial charge < -0.3 is 15.4 Å². The number of nitrogens with one attached hydrogen (secondary N) is 2. The molecule has 140 valence electrons. The lowest BCUT2D eigenvalue weighted by atomic mass is 10.1. The van der Waals surface area contributed by atoms with Gasteiger partial charge in [-0.25, -0.2) is 9.38 Å². The van der Waals surface area contributed by atoms with Crippen molar-refractivity contribution in [2.24, 2.45) is 4.99 Å². The summed E-state index contributed by atoms with van der Waals surface area (Å²) in [5.41, 5.74) is 3.42. The number of nitrogens with zero attached hydrogens (tertiary/aromatic N) is 1. The molecule has 0 radical (unpaired) electrons. The molecule has 0 aromatic heterocycles. The van der Waals surface area contributed by atoms with Crippen LogP contribution in [0.25, 0.3) is 0 Å². The maximum absolute atomic E-state index is 13.0. The highest BCUT2D eigenvalue weighted by Gasteiger charge is 2.03. The van der Waals surface area contributed by atoms with Crippen LogP contribution in [-0.4, -0.2) is 25.7 Å². The zero-order valence-corrected chi connectivity index (χ0v) is 15.6. The van der Waals surface area contributed by atoms with Gasteiger partial charge in [0.15, 0.2) is 5.96 Å². The van der Waals surface area contributed by atoms with E-state index in [1.807, 2.05) is 38.1 Å². The molecule has 5 heteroatoms. The zero-order valence-electron chi connectivity index (χ0n) is 15.6. The minimum Gasteiger partial charge on any atom is -0.377 e. The maximum atomic E-state index is 13.0. The Morgan fingerprint density at radius 1 is 1.00 bits per heavy atom. The average Bonchev–Trinajstić information content (AvgIpc) is 2.66. The van der Waals surface area contributed by atoms with Gasteiger partial charge in [-0.2, -0.15) is 0 Å². The Morgan fingerprint density at radius 2 is 1.73 bits per heavy atom. The van der Waals surface area contributed by atoms with Gasteiger partial charge >= 0.3 is 0 Å². The first kappa shape index (κ1) is 19.9. The van der Waals surface area contributed by atoms with Gasteiger partial charge in [-0.15, -0.1) is 0 Å². The Hall–Kier alpha value is -2.40. The molecule has 26 heavy (non-hydrogen) atoms. The molecule has 0 unspecified atom stereocenters. The number of hydrogen-bond donors (Lipinski definition) is 2. The topological polar surface area (TPSA) is 45.7 Å². The van der Waals surface area contributed by atoms with Crippen LogP contribution in [-0.2, 0) is 24.3 Å². The van der Waals surface area contributed by atoms with Crippen LogP contribution < -0.4 is 10.6 Å². The Kier molecular flexibility index (Phi) is 8.63. The Morgan fingerprint density at radius 3 is 2.42 bits per heavy atom. The van der Waals surface area contributed by atoms with E-state index in [0.717, 1.165) is 36.6 Å². The molecule has 0 aliphatic carbocycles. The molecule has 0 aliphatic rings. The lowest BCUT2D eigenvalue weighted by molar-refractivity contribution is 0.133. The third kappa shape index (κ3) is 6.84. The standard InChI is InChI=1S/C21H28FN3O/c1-3-23-21(24-14-13-17-9-11-20(22)12-10-17)25-15-18-7-5-6-8-19(18)16-26-4-2/h5-12H,3-4,13-16H2,1-2H3,(H2,23,24,25). The predicted octanol–water partition coefficient (Wildman–Crippen LogP) is 3.66. The molecule has 2 N–H and O–H groups in total.